The minimum Gasteiger partial charge on any atom is -0.302 e. The number of likely N-dealkylation sites (N-methyl/N-ethyl adjacent to an activating group) is 1. The topological polar surface area (TPSA) is 3.24 Å². The molecule has 1 aromatic rings. The third-order valence-corrected chi connectivity index (χ3v) is 4.10. The molecule has 1 aliphatic heterocycles. The van der Waals surface area contributed by atoms with Crippen LogP contribution in [0.15, 0.2) is 12.7 Å². The number of fused-ring (bicyclic) bond motifs is 1. The highest BCUT2D eigenvalue weighted by Gasteiger charge is 2.19. The van der Waals surface area contributed by atoms with Crippen LogP contribution in [0, 0.1) is 0 Å². The molecule has 0 amide bonds. The van der Waals surface area contributed by atoms with Crippen molar-refractivity contribution < 1.29 is 0 Å². The van der Waals surface area contributed by atoms with Gasteiger partial charge in [0.1, 0.15) is 0 Å². The van der Waals surface area contributed by atoms with Gasteiger partial charge in [0.2, 0.25) is 0 Å². The lowest BCUT2D eigenvalue weighted by Gasteiger charge is -2.22. The summed E-state index contributed by atoms with van der Waals surface area (Å²) in [5.41, 5.74) is 2.84. The van der Waals surface area contributed by atoms with Crippen molar-refractivity contribution in [2.45, 2.75) is 19.9 Å². The zero-order valence-electron chi connectivity index (χ0n) is 9.42. The van der Waals surface area contributed by atoms with Crippen molar-refractivity contribution >= 4 is 23.5 Å². The second-order valence-electron chi connectivity index (χ2n) is 3.97. The Bertz CT molecular complexity index is 401. The Morgan fingerprint density at radius 2 is 2.27 bits per heavy atom. The summed E-state index contributed by atoms with van der Waals surface area (Å²) in [6.45, 7) is 8.25. The fourth-order valence-corrected chi connectivity index (χ4v) is 3.34. The van der Waals surface area contributed by atoms with Gasteiger partial charge in [0, 0.05) is 22.8 Å². The monoisotopic (exact) mass is 219 g/mol. The Balaban J connectivity index is 2.48. The van der Waals surface area contributed by atoms with Crippen molar-refractivity contribution in [3.8, 4) is 0 Å². The lowest BCUT2D eigenvalue weighted by atomic mass is 10.0. The molecule has 2 heteroatoms. The third kappa shape index (κ3) is 1.92. The minimum absolute atomic E-state index is 1.07. The molecule has 0 atom stereocenters. The van der Waals surface area contributed by atoms with Crippen molar-refractivity contribution in [3.05, 3.63) is 33.5 Å². The molecule has 0 N–H and O–H groups in total. The van der Waals surface area contributed by atoms with E-state index in [1.54, 1.807) is 4.88 Å². The average Bonchev–Trinajstić information content (AvgIpc) is 2.55. The molecule has 2 rings (SSSR count). The average molecular weight is 219 g/mol. The van der Waals surface area contributed by atoms with Gasteiger partial charge in [-0.15, -0.1) is 11.3 Å². The lowest BCUT2D eigenvalue weighted by molar-refractivity contribution is 0.315. The fraction of sp³-hybridized carbons (Fsp3) is 0.385. The summed E-state index contributed by atoms with van der Waals surface area (Å²) in [4.78, 5) is 5.30. The van der Waals surface area contributed by atoms with Gasteiger partial charge < -0.3 is 4.90 Å². The first-order valence-electron chi connectivity index (χ1n) is 5.34. The van der Waals surface area contributed by atoms with Crippen molar-refractivity contribution in [1.29, 1.82) is 0 Å². The molecule has 0 fully saturated rings. The number of nitrogens with zero attached hydrogens (tertiary/aromatic N) is 1. The van der Waals surface area contributed by atoms with E-state index in [-0.39, 0.29) is 0 Å². The van der Waals surface area contributed by atoms with Crippen molar-refractivity contribution in [2.24, 2.45) is 0 Å². The van der Waals surface area contributed by atoms with Crippen LogP contribution in [-0.4, -0.2) is 18.5 Å². The van der Waals surface area contributed by atoms with Crippen molar-refractivity contribution in [1.82, 2.24) is 4.90 Å². The molecule has 80 valence electrons. The molecular weight excluding hydrogens is 202 g/mol. The second-order valence-corrected chi connectivity index (χ2v) is 5.11. The molecule has 2 heterocycles. The highest BCUT2D eigenvalue weighted by Crippen LogP contribution is 2.34. The van der Waals surface area contributed by atoms with Gasteiger partial charge in [-0.25, -0.2) is 0 Å². The zero-order valence-corrected chi connectivity index (χ0v) is 10.2. The number of hydrogen-bond acceptors (Lipinski definition) is 2. The van der Waals surface area contributed by atoms with Gasteiger partial charge in [-0.05, 0) is 37.6 Å². The SMILES string of the molecule is C=Cc1c(/C=C\C)sc2c1CN(C)CC2. The molecule has 0 unspecified atom stereocenters. The first-order valence-corrected chi connectivity index (χ1v) is 6.16. The van der Waals surface area contributed by atoms with Crippen molar-refractivity contribution in [2.75, 3.05) is 13.6 Å². The van der Waals surface area contributed by atoms with E-state index in [9.17, 15) is 0 Å². The molecule has 0 bridgehead atoms. The normalized spacial score (nSPS) is 16.9. The molecule has 1 nitrogen and oxygen atoms in total. The number of thiophene rings is 1. The first-order chi connectivity index (χ1) is 7.26. The largest absolute Gasteiger partial charge is 0.302 e. The van der Waals surface area contributed by atoms with E-state index in [1.807, 2.05) is 17.4 Å². The van der Waals surface area contributed by atoms with Crippen LogP contribution < -0.4 is 0 Å². The minimum atomic E-state index is 1.07. The summed E-state index contributed by atoms with van der Waals surface area (Å²) in [5.74, 6) is 0. The molecule has 0 spiro atoms. The summed E-state index contributed by atoms with van der Waals surface area (Å²) < 4.78 is 0. The fourth-order valence-electron chi connectivity index (χ4n) is 2.06. The molecule has 0 aliphatic carbocycles. The quantitative estimate of drug-likeness (QED) is 0.737. The predicted molar refractivity (Wildman–Crippen MR) is 69.2 cm³/mol. The Kier molecular flexibility index (Phi) is 3.08. The highest BCUT2D eigenvalue weighted by molar-refractivity contribution is 7.13. The van der Waals surface area contributed by atoms with Crippen LogP contribution in [0.5, 0.6) is 0 Å². The van der Waals surface area contributed by atoms with E-state index in [0.717, 1.165) is 6.54 Å². The molecule has 0 radical (unpaired) electrons. The summed E-state index contributed by atoms with van der Waals surface area (Å²) in [7, 11) is 2.18. The van der Waals surface area contributed by atoms with E-state index >= 15 is 0 Å². The van der Waals surface area contributed by atoms with Gasteiger partial charge in [-0.3, -0.25) is 0 Å². The van der Waals surface area contributed by atoms with Crippen LogP contribution in [0.2, 0.25) is 0 Å². The molecule has 1 aliphatic rings. The third-order valence-electron chi connectivity index (χ3n) is 2.83. The molecule has 1 aromatic heterocycles. The van der Waals surface area contributed by atoms with E-state index < -0.39 is 0 Å². The van der Waals surface area contributed by atoms with Gasteiger partial charge >= 0.3 is 0 Å². The Morgan fingerprint density at radius 3 is 2.93 bits per heavy atom. The number of allylic oxidation sites excluding steroid dienone is 1. The maximum atomic E-state index is 3.93. The van der Waals surface area contributed by atoms with Gasteiger partial charge in [0.25, 0.3) is 0 Å². The smallest absolute Gasteiger partial charge is 0.0345 e. The Hall–Kier alpha value is -0.860. The van der Waals surface area contributed by atoms with Gasteiger partial charge in [0.05, 0.1) is 0 Å². The molecule has 15 heavy (non-hydrogen) atoms. The molecule has 0 saturated heterocycles. The van der Waals surface area contributed by atoms with Gasteiger partial charge in [-0.2, -0.15) is 0 Å². The summed E-state index contributed by atoms with van der Waals surface area (Å²) >= 11 is 1.93. The molecule has 0 aromatic carbocycles. The lowest BCUT2D eigenvalue weighted by Crippen LogP contribution is -2.25. The van der Waals surface area contributed by atoms with Crippen LogP contribution in [0.4, 0.5) is 0 Å². The van der Waals surface area contributed by atoms with Crippen LogP contribution >= 0.6 is 11.3 Å². The highest BCUT2D eigenvalue weighted by atomic mass is 32.1. The predicted octanol–water partition coefficient (Wildman–Crippen LogP) is 3.41. The van der Waals surface area contributed by atoms with E-state index in [1.165, 1.54) is 29.0 Å². The summed E-state index contributed by atoms with van der Waals surface area (Å²) in [6.07, 6.45) is 7.49. The van der Waals surface area contributed by atoms with E-state index in [2.05, 4.69) is 37.6 Å². The maximum Gasteiger partial charge on any atom is 0.0345 e. The molecule has 0 saturated carbocycles. The van der Waals surface area contributed by atoms with Gasteiger partial charge in [0.15, 0.2) is 0 Å². The maximum absolute atomic E-state index is 3.93. The standard InChI is InChI=1S/C13H17NS/c1-4-6-12-10(5-2)11-9-14(3)8-7-13(11)15-12/h4-6H,2,7-9H2,1,3H3/b6-4-. The van der Waals surface area contributed by atoms with Crippen LogP contribution in [0.1, 0.15) is 27.8 Å². The Labute approximate surface area is 95.7 Å². The van der Waals surface area contributed by atoms with Crippen molar-refractivity contribution in [3.63, 3.8) is 0 Å². The summed E-state index contributed by atoms with van der Waals surface area (Å²) in [6, 6.07) is 0. The van der Waals surface area contributed by atoms with Gasteiger partial charge in [-0.1, -0.05) is 18.7 Å². The zero-order chi connectivity index (χ0) is 10.8. The van der Waals surface area contributed by atoms with Crippen LogP contribution in [0.25, 0.3) is 12.2 Å². The number of rotatable bonds is 2. The van der Waals surface area contributed by atoms with Crippen LogP contribution in [0.3, 0.4) is 0 Å². The summed E-state index contributed by atoms with van der Waals surface area (Å²) in [5, 5.41) is 0. The number of hydrogen-bond donors (Lipinski definition) is 0. The Morgan fingerprint density at radius 1 is 1.47 bits per heavy atom. The first kappa shape index (κ1) is 10.7. The van der Waals surface area contributed by atoms with E-state index in [0.29, 0.717) is 0 Å². The van der Waals surface area contributed by atoms with E-state index in [4.69, 9.17) is 0 Å². The van der Waals surface area contributed by atoms with Crippen LogP contribution in [-0.2, 0) is 13.0 Å². The molecular formula is C13H17NS. The second kappa shape index (κ2) is 4.33.